The van der Waals surface area contributed by atoms with Gasteiger partial charge >= 0.3 is 5.35 Å². The van der Waals surface area contributed by atoms with Crippen LogP contribution in [-0.2, 0) is 6.42 Å². The molecule has 0 bridgehead atoms. The number of rotatable bonds is 3. The van der Waals surface area contributed by atoms with Crippen LogP contribution in [0.4, 0.5) is 0 Å². The number of nitrogens with two attached hydrogens (primary N) is 1. The average Bonchev–Trinajstić information content (AvgIpc) is 2.31. The lowest BCUT2D eigenvalue weighted by molar-refractivity contribution is 0.489. The molecule has 4 nitrogen and oxygen atoms in total. The van der Waals surface area contributed by atoms with Crippen molar-refractivity contribution in [2.24, 2.45) is 5.73 Å². The van der Waals surface area contributed by atoms with E-state index in [9.17, 15) is 0 Å². The van der Waals surface area contributed by atoms with Crippen molar-refractivity contribution in [3.63, 3.8) is 0 Å². The summed E-state index contributed by atoms with van der Waals surface area (Å²) in [6.45, 7) is 0.625. The van der Waals surface area contributed by atoms with Crippen LogP contribution in [0.25, 0.3) is 0 Å². The Morgan fingerprint density at radius 2 is 2.30 bits per heavy atom. The van der Waals surface area contributed by atoms with E-state index in [2.05, 4.69) is 10.2 Å². The molecule has 0 amide bonds. The van der Waals surface area contributed by atoms with E-state index in [0.29, 0.717) is 18.9 Å². The zero-order valence-corrected chi connectivity index (χ0v) is 6.14. The molecule has 0 aromatic carbocycles. The first-order valence-electron chi connectivity index (χ1n) is 3.01. The predicted molar refractivity (Wildman–Crippen MR) is 36.7 cm³/mol. The van der Waals surface area contributed by atoms with Gasteiger partial charge in [0.25, 0.3) is 0 Å². The first kappa shape index (κ1) is 7.50. The number of halogens is 1. The maximum atomic E-state index is 5.37. The van der Waals surface area contributed by atoms with E-state index in [0.717, 1.165) is 6.42 Å². The van der Waals surface area contributed by atoms with E-state index in [4.69, 9.17) is 21.8 Å². The van der Waals surface area contributed by atoms with Crippen molar-refractivity contribution in [2.75, 3.05) is 6.54 Å². The summed E-state index contributed by atoms with van der Waals surface area (Å²) in [5.41, 5.74) is 5.26. The molecule has 0 aliphatic rings. The van der Waals surface area contributed by atoms with Gasteiger partial charge in [-0.3, -0.25) is 0 Å². The van der Waals surface area contributed by atoms with Gasteiger partial charge in [0.2, 0.25) is 5.89 Å². The number of aryl methyl sites for hydroxylation is 1. The zero-order chi connectivity index (χ0) is 7.40. The number of hydrogen-bond donors (Lipinski definition) is 1. The van der Waals surface area contributed by atoms with Gasteiger partial charge in [-0.15, -0.1) is 5.10 Å². The van der Waals surface area contributed by atoms with Crippen LogP contribution >= 0.6 is 11.6 Å². The second-order valence-electron chi connectivity index (χ2n) is 1.84. The van der Waals surface area contributed by atoms with Gasteiger partial charge in [-0.25, -0.2) is 0 Å². The van der Waals surface area contributed by atoms with Gasteiger partial charge in [0.05, 0.1) is 0 Å². The Morgan fingerprint density at radius 1 is 1.50 bits per heavy atom. The molecule has 5 heteroatoms. The fourth-order valence-electron chi connectivity index (χ4n) is 0.587. The lowest BCUT2D eigenvalue weighted by atomic mass is 10.3. The van der Waals surface area contributed by atoms with Crippen molar-refractivity contribution in [1.82, 2.24) is 10.2 Å². The summed E-state index contributed by atoms with van der Waals surface area (Å²) < 4.78 is 4.87. The minimum absolute atomic E-state index is 0.0898. The van der Waals surface area contributed by atoms with Crippen molar-refractivity contribution >= 4 is 11.6 Å². The molecule has 0 fully saturated rings. The van der Waals surface area contributed by atoms with Crippen LogP contribution in [0, 0.1) is 0 Å². The molecule has 0 saturated carbocycles. The van der Waals surface area contributed by atoms with Crippen LogP contribution in [0.1, 0.15) is 12.3 Å². The molecule has 0 unspecified atom stereocenters. The summed E-state index contributed by atoms with van der Waals surface area (Å²) in [6.07, 6.45) is 1.55. The third-order valence-electron chi connectivity index (χ3n) is 1.04. The highest BCUT2D eigenvalue weighted by Gasteiger charge is 2.00. The van der Waals surface area contributed by atoms with Crippen molar-refractivity contribution in [3.05, 3.63) is 11.2 Å². The topological polar surface area (TPSA) is 64.9 Å². The predicted octanol–water partition coefficient (Wildman–Crippen LogP) is 0.614. The second kappa shape index (κ2) is 3.53. The molecule has 2 N–H and O–H groups in total. The average molecular weight is 162 g/mol. The van der Waals surface area contributed by atoms with Crippen LogP contribution in [0.15, 0.2) is 4.42 Å². The Bertz CT molecular complexity index is 201. The van der Waals surface area contributed by atoms with Crippen LogP contribution in [-0.4, -0.2) is 16.7 Å². The van der Waals surface area contributed by atoms with Crippen LogP contribution in [0.2, 0.25) is 5.35 Å². The Labute approximate surface area is 63.4 Å². The first-order chi connectivity index (χ1) is 4.83. The summed E-state index contributed by atoms with van der Waals surface area (Å²) in [5, 5.41) is 7.22. The lowest BCUT2D eigenvalue weighted by Gasteiger charge is -1.87. The highest BCUT2D eigenvalue weighted by atomic mass is 35.5. The minimum Gasteiger partial charge on any atom is -0.412 e. The first-order valence-corrected chi connectivity index (χ1v) is 3.38. The fourth-order valence-corrected chi connectivity index (χ4v) is 0.714. The standard InChI is InChI=1S/C5H8ClN3O/c6-5-9-8-4(10-5)2-1-3-7/h1-3,7H2. The van der Waals surface area contributed by atoms with E-state index < -0.39 is 0 Å². The molecule has 0 spiro atoms. The second-order valence-corrected chi connectivity index (χ2v) is 2.16. The molecule has 0 atom stereocenters. The largest absolute Gasteiger partial charge is 0.412 e. The minimum atomic E-state index is 0.0898. The Kier molecular flexibility index (Phi) is 2.65. The molecule has 1 heterocycles. The Balaban J connectivity index is 2.42. The van der Waals surface area contributed by atoms with Crippen molar-refractivity contribution in [2.45, 2.75) is 12.8 Å². The SMILES string of the molecule is NCCCc1nnc(Cl)o1. The van der Waals surface area contributed by atoms with Gasteiger partial charge in [0.1, 0.15) is 0 Å². The fraction of sp³-hybridized carbons (Fsp3) is 0.600. The molecule has 0 aliphatic heterocycles. The van der Waals surface area contributed by atoms with E-state index in [1.165, 1.54) is 0 Å². The summed E-state index contributed by atoms with van der Waals surface area (Å²) in [6, 6.07) is 0. The molecule has 56 valence electrons. The molecule has 1 aromatic heterocycles. The van der Waals surface area contributed by atoms with Crippen molar-refractivity contribution in [3.8, 4) is 0 Å². The van der Waals surface area contributed by atoms with Gasteiger partial charge in [0, 0.05) is 6.42 Å². The normalized spacial score (nSPS) is 10.2. The van der Waals surface area contributed by atoms with Gasteiger partial charge in [0.15, 0.2) is 0 Å². The third-order valence-corrected chi connectivity index (χ3v) is 1.19. The molecular weight excluding hydrogens is 154 g/mol. The maximum absolute atomic E-state index is 5.37. The van der Waals surface area contributed by atoms with Gasteiger partial charge < -0.3 is 10.2 Å². The summed E-state index contributed by atoms with van der Waals surface area (Å²) in [4.78, 5) is 0. The monoisotopic (exact) mass is 161 g/mol. The van der Waals surface area contributed by atoms with Gasteiger partial charge in [-0.2, -0.15) is 0 Å². The molecule has 0 saturated heterocycles. The highest BCUT2D eigenvalue weighted by molar-refractivity contribution is 6.27. The van der Waals surface area contributed by atoms with E-state index in [-0.39, 0.29) is 5.35 Å². The molecular formula is C5H8ClN3O. The molecule has 0 radical (unpaired) electrons. The third kappa shape index (κ3) is 1.97. The molecule has 10 heavy (non-hydrogen) atoms. The van der Waals surface area contributed by atoms with E-state index >= 15 is 0 Å². The zero-order valence-electron chi connectivity index (χ0n) is 5.38. The smallest absolute Gasteiger partial charge is 0.312 e. The van der Waals surface area contributed by atoms with Crippen LogP contribution in [0.5, 0.6) is 0 Å². The maximum Gasteiger partial charge on any atom is 0.312 e. The van der Waals surface area contributed by atoms with Crippen LogP contribution < -0.4 is 5.73 Å². The molecule has 1 aromatic rings. The van der Waals surface area contributed by atoms with E-state index in [1.807, 2.05) is 0 Å². The summed E-state index contributed by atoms with van der Waals surface area (Å²) in [7, 11) is 0. The summed E-state index contributed by atoms with van der Waals surface area (Å²) in [5.74, 6) is 0.551. The lowest BCUT2D eigenvalue weighted by Crippen LogP contribution is -2.00. The van der Waals surface area contributed by atoms with Gasteiger partial charge in [-0.1, -0.05) is 5.10 Å². The van der Waals surface area contributed by atoms with Gasteiger partial charge in [-0.05, 0) is 24.6 Å². The highest BCUT2D eigenvalue weighted by Crippen LogP contribution is 2.06. The molecule has 0 aliphatic carbocycles. The number of aromatic nitrogens is 2. The summed E-state index contributed by atoms with van der Waals surface area (Å²) >= 11 is 5.37. The van der Waals surface area contributed by atoms with Crippen molar-refractivity contribution in [1.29, 1.82) is 0 Å². The molecule has 1 rings (SSSR count). The quantitative estimate of drug-likeness (QED) is 0.706. The van der Waals surface area contributed by atoms with E-state index in [1.54, 1.807) is 0 Å². The number of hydrogen-bond acceptors (Lipinski definition) is 4. The Hall–Kier alpha value is -0.610. The Morgan fingerprint density at radius 3 is 2.80 bits per heavy atom. The van der Waals surface area contributed by atoms with Crippen LogP contribution in [0.3, 0.4) is 0 Å². The van der Waals surface area contributed by atoms with Crippen molar-refractivity contribution < 1.29 is 4.42 Å². The number of nitrogens with zero attached hydrogens (tertiary/aromatic N) is 2.